The Kier molecular flexibility index (Phi) is 4.86. The number of rotatable bonds is 3. The fourth-order valence-corrected chi connectivity index (χ4v) is 2.68. The first kappa shape index (κ1) is 15.8. The third-order valence-electron chi connectivity index (χ3n) is 2.35. The molecule has 19 heavy (non-hydrogen) atoms. The molecule has 1 aromatic heterocycles. The van der Waals surface area contributed by atoms with Crippen LogP contribution in [0.4, 0.5) is 13.2 Å². The molecule has 0 atom stereocenters. The third-order valence-corrected chi connectivity index (χ3v) is 3.32. The molecular formula is C11H12ClF3N2OS. The molecule has 0 saturated carbocycles. The van der Waals surface area contributed by atoms with Gasteiger partial charge >= 0.3 is 6.36 Å². The lowest BCUT2D eigenvalue weighted by Gasteiger charge is -2.08. The maximum atomic E-state index is 12.1. The predicted molar refractivity (Wildman–Crippen MR) is 69.9 cm³/mol. The Bertz CT molecular complexity index is 620. The van der Waals surface area contributed by atoms with Crippen LogP contribution in [-0.2, 0) is 6.54 Å². The van der Waals surface area contributed by atoms with Gasteiger partial charge in [0, 0.05) is 6.54 Å². The highest BCUT2D eigenvalue weighted by Gasteiger charge is 2.31. The molecule has 0 unspecified atom stereocenters. The van der Waals surface area contributed by atoms with E-state index in [4.69, 9.17) is 5.41 Å². The van der Waals surface area contributed by atoms with Gasteiger partial charge in [-0.25, -0.2) is 0 Å². The number of nitrogens with zero attached hydrogens (tertiary/aromatic N) is 1. The Morgan fingerprint density at radius 3 is 2.63 bits per heavy atom. The summed E-state index contributed by atoms with van der Waals surface area (Å²) in [4.78, 5) is 0.330. The van der Waals surface area contributed by atoms with Gasteiger partial charge in [-0.05, 0) is 24.6 Å². The fraction of sp³-hybridized carbons (Fsp3) is 0.364. The second-order valence-corrected chi connectivity index (χ2v) is 4.77. The summed E-state index contributed by atoms with van der Waals surface area (Å²) < 4.78 is 42.5. The van der Waals surface area contributed by atoms with Crippen LogP contribution < -0.4 is 9.54 Å². The van der Waals surface area contributed by atoms with Crippen molar-refractivity contribution in [1.82, 2.24) is 4.57 Å². The lowest BCUT2D eigenvalue weighted by Crippen LogP contribution is -2.17. The van der Waals surface area contributed by atoms with Crippen LogP contribution in [0.5, 0.6) is 5.75 Å². The summed E-state index contributed by atoms with van der Waals surface area (Å²) in [7, 11) is 0. The normalized spacial score (nSPS) is 11.4. The van der Waals surface area contributed by atoms with E-state index < -0.39 is 6.36 Å². The van der Waals surface area contributed by atoms with E-state index in [9.17, 15) is 13.2 Å². The zero-order valence-corrected chi connectivity index (χ0v) is 11.6. The largest absolute Gasteiger partial charge is 0.573 e. The molecular weight excluding hydrogens is 301 g/mol. The van der Waals surface area contributed by atoms with Crippen molar-refractivity contribution in [1.29, 1.82) is 5.41 Å². The van der Waals surface area contributed by atoms with Crippen LogP contribution in [0.1, 0.15) is 13.3 Å². The second-order valence-electron chi connectivity index (χ2n) is 3.74. The Morgan fingerprint density at radius 2 is 2.05 bits per heavy atom. The number of hydrogen-bond acceptors (Lipinski definition) is 3. The molecule has 2 rings (SSSR count). The first-order valence-corrected chi connectivity index (χ1v) is 6.16. The molecule has 0 bridgehead atoms. The van der Waals surface area contributed by atoms with Gasteiger partial charge in [0.1, 0.15) is 5.75 Å². The van der Waals surface area contributed by atoms with Crippen molar-refractivity contribution in [2.45, 2.75) is 26.3 Å². The number of ether oxygens (including phenoxy) is 1. The number of halogens is 4. The average Bonchev–Trinajstić information content (AvgIpc) is 2.53. The van der Waals surface area contributed by atoms with Gasteiger partial charge in [0.05, 0.1) is 10.2 Å². The predicted octanol–water partition coefficient (Wildman–Crippen LogP) is 3.91. The van der Waals surface area contributed by atoms with Gasteiger partial charge in [-0.15, -0.1) is 25.6 Å². The van der Waals surface area contributed by atoms with Crippen molar-refractivity contribution in [2.24, 2.45) is 0 Å². The van der Waals surface area contributed by atoms with E-state index in [1.807, 2.05) is 6.92 Å². The Balaban J connectivity index is 0.00000180. The van der Waals surface area contributed by atoms with Crippen LogP contribution in [-0.4, -0.2) is 10.9 Å². The fourth-order valence-electron chi connectivity index (χ4n) is 1.71. The lowest BCUT2D eigenvalue weighted by molar-refractivity contribution is -0.274. The molecule has 0 amide bonds. The summed E-state index contributed by atoms with van der Waals surface area (Å²) in [6.45, 7) is 2.66. The Labute approximate surface area is 117 Å². The summed E-state index contributed by atoms with van der Waals surface area (Å²) in [6, 6.07) is 4.15. The van der Waals surface area contributed by atoms with Crippen LogP contribution in [0.2, 0.25) is 0 Å². The van der Waals surface area contributed by atoms with Crippen molar-refractivity contribution >= 4 is 34.0 Å². The number of alkyl halides is 3. The van der Waals surface area contributed by atoms with Gasteiger partial charge in [0.25, 0.3) is 0 Å². The minimum atomic E-state index is -4.69. The molecule has 0 spiro atoms. The first-order valence-electron chi connectivity index (χ1n) is 5.34. The molecule has 0 radical (unpaired) electrons. The minimum Gasteiger partial charge on any atom is -0.406 e. The Morgan fingerprint density at radius 1 is 1.37 bits per heavy atom. The topological polar surface area (TPSA) is 38.0 Å². The molecule has 2 aromatic rings. The number of hydrogen-bond donors (Lipinski definition) is 1. The van der Waals surface area contributed by atoms with Crippen LogP contribution in [0.3, 0.4) is 0 Å². The van der Waals surface area contributed by atoms with E-state index in [2.05, 4.69) is 4.74 Å². The van der Waals surface area contributed by atoms with E-state index in [-0.39, 0.29) is 18.2 Å². The van der Waals surface area contributed by atoms with Crippen LogP contribution in [0, 0.1) is 5.41 Å². The average molecular weight is 313 g/mol. The molecule has 8 heteroatoms. The smallest absolute Gasteiger partial charge is 0.406 e. The molecule has 1 heterocycles. The van der Waals surface area contributed by atoms with Crippen molar-refractivity contribution in [3.05, 3.63) is 23.0 Å². The van der Waals surface area contributed by atoms with E-state index in [1.165, 1.54) is 12.1 Å². The number of aryl methyl sites for hydroxylation is 1. The van der Waals surface area contributed by atoms with Gasteiger partial charge in [-0.1, -0.05) is 18.3 Å². The molecule has 0 aliphatic carbocycles. The number of nitrogens with one attached hydrogen (secondary N) is 1. The molecule has 106 valence electrons. The summed E-state index contributed by atoms with van der Waals surface area (Å²) in [6.07, 6.45) is -3.82. The molecule has 0 aliphatic heterocycles. The summed E-state index contributed by atoms with van der Waals surface area (Å²) in [5.41, 5.74) is 0.765. The molecule has 3 nitrogen and oxygen atoms in total. The molecule has 1 N–H and O–H groups in total. The van der Waals surface area contributed by atoms with E-state index in [0.717, 1.165) is 23.3 Å². The third kappa shape index (κ3) is 3.63. The van der Waals surface area contributed by atoms with E-state index >= 15 is 0 Å². The maximum absolute atomic E-state index is 12.1. The highest BCUT2D eigenvalue weighted by molar-refractivity contribution is 7.16. The van der Waals surface area contributed by atoms with Gasteiger partial charge in [0.15, 0.2) is 4.80 Å². The molecule has 0 saturated heterocycles. The van der Waals surface area contributed by atoms with Gasteiger partial charge in [-0.3, -0.25) is 5.41 Å². The van der Waals surface area contributed by atoms with Crippen molar-refractivity contribution in [3.8, 4) is 5.75 Å². The quantitative estimate of drug-likeness (QED) is 0.916. The van der Waals surface area contributed by atoms with Crippen molar-refractivity contribution < 1.29 is 17.9 Å². The molecule has 1 aromatic carbocycles. The summed E-state index contributed by atoms with van der Waals surface area (Å²) in [5, 5.41) is 7.77. The summed E-state index contributed by atoms with van der Waals surface area (Å²) >= 11 is 1.14. The van der Waals surface area contributed by atoms with Gasteiger partial charge in [0.2, 0.25) is 0 Å². The van der Waals surface area contributed by atoms with Gasteiger partial charge < -0.3 is 9.30 Å². The molecule has 0 aliphatic rings. The SMILES string of the molecule is CCCn1c(=N)sc2cc(OC(F)(F)F)ccc21.Cl. The lowest BCUT2D eigenvalue weighted by atomic mass is 10.3. The highest BCUT2D eigenvalue weighted by atomic mass is 35.5. The number of fused-ring (bicyclic) bond motifs is 1. The van der Waals surface area contributed by atoms with E-state index in [0.29, 0.717) is 16.0 Å². The van der Waals surface area contributed by atoms with Crippen molar-refractivity contribution in [3.63, 3.8) is 0 Å². The van der Waals surface area contributed by atoms with Crippen molar-refractivity contribution in [2.75, 3.05) is 0 Å². The number of benzene rings is 1. The zero-order chi connectivity index (χ0) is 13.3. The molecule has 0 fully saturated rings. The second kappa shape index (κ2) is 5.83. The van der Waals surface area contributed by atoms with Gasteiger partial charge in [-0.2, -0.15) is 0 Å². The highest BCUT2D eigenvalue weighted by Crippen LogP contribution is 2.27. The monoisotopic (exact) mass is 312 g/mol. The zero-order valence-electron chi connectivity index (χ0n) is 9.95. The van der Waals surface area contributed by atoms with E-state index in [1.54, 1.807) is 10.6 Å². The van der Waals surface area contributed by atoms with Crippen LogP contribution in [0.15, 0.2) is 18.2 Å². The Hall–Kier alpha value is -1.21. The first-order chi connectivity index (χ1) is 8.40. The van der Waals surface area contributed by atoms with Crippen LogP contribution >= 0.6 is 23.7 Å². The number of thiazole rings is 1. The minimum absolute atomic E-state index is 0. The standard InChI is InChI=1S/C11H11F3N2OS.ClH/c1-2-5-16-8-4-3-7(17-11(12,13)14)6-9(8)18-10(16)15;/h3-4,6,15H,2,5H2,1H3;1H. The van der Waals surface area contributed by atoms with Crippen LogP contribution in [0.25, 0.3) is 10.2 Å². The number of aromatic nitrogens is 1. The summed E-state index contributed by atoms with van der Waals surface area (Å²) in [5.74, 6) is -0.250. The maximum Gasteiger partial charge on any atom is 0.573 e.